The molecule has 2 aromatic carbocycles. The van der Waals surface area contributed by atoms with Crippen LogP contribution >= 0.6 is 0 Å². The minimum absolute atomic E-state index is 0.154. The summed E-state index contributed by atoms with van der Waals surface area (Å²) in [7, 11) is 0. The van der Waals surface area contributed by atoms with E-state index in [9.17, 15) is 8.78 Å². The standard InChI is InChI=1S/C25H18F2N8/c1-13-16-11-30-25(34-15-7-5-14(6-8-15)24-28-9-10-29-24)35-20(16)22-23(32-12-31-22)21(33-13)19-17(26)3-2-4-18(19)27/h2-13H,1H3,(H,28,29)(H,31,32)(H,30,34,35). The highest BCUT2D eigenvalue weighted by molar-refractivity contribution is 6.15. The number of imidazole rings is 2. The third-order valence-corrected chi connectivity index (χ3v) is 5.80. The fourth-order valence-electron chi connectivity index (χ4n) is 4.11. The molecule has 0 radical (unpaired) electrons. The molecule has 0 spiro atoms. The number of halogens is 2. The second-order valence-corrected chi connectivity index (χ2v) is 8.01. The van der Waals surface area contributed by atoms with Crippen molar-refractivity contribution in [2.45, 2.75) is 13.0 Å². The number of nitrogens with one attached hydrogen (secondary N) is 3. The molecule has 1 atom stereocenters. The summed E-state index contributed by atoms with van der Waals surface area (Å²) in [4.78, 5) is 28.5. The van der Waals surface area contributed by atoms with Crippen molar-refractivity contribution in [2.75, 3.05) is 5.32 Å². The Labute approximate surface area is 198 Å². The third-order valence-electron chi connectivity index (χ3n) is 5.80. The van der Waals surface area contributed by atoms with Crippen molar-refractivity contribution in [3.8, 4) is 22.8 Å². The Morgan fingerprint density at radius 2 is 1.71 bits per heavy atom. The van der Waals surface area contributed by atoms with Crippen LogP contribution in [0.2, 0.25) is 0 Å². The first-order valence-corrected chi connectivity index (χ1v) is 10.9. The zero-order chi connectivity index (χ0) is 23.9. The molecule has 0 amide bonds. The Kier molecular flexibility index (Phi) is 4.91. The summed E-state index contributed by atoms with van der Waals surface area (Å²) in [6, 6.07) is 10.9. The predicted octanol–water partition coefficient (Wildman–Crippen LogP) is 5.19. The molecule has 0 saturated carbocycles. The maximum atomic E-state index is 14.6. The van der Waals surface area contributed by atoms with Gasteiger partial charge in [0.25, 0.3) is 0 Å². The van der Waals surface area contributed by atoms with Gasteiger partial charge in [0.15, 0.2) is 0 Å². The maximum Gasteiger partial charge on any atom is 0.227 e. The molecule has 10 heteroatoms. The molecule has 0 aliphatic carbocycles. The van der Waals surface area contributed by atoms with E-state index in [-0.39, 0.29) is 11.3 Å². The second kappa shape index (κ2) is 8.24. The van der Waals surface area contributed by atoms with Crippen LogP contribution in [-0.2, 0) is 0 Å². The van der Waals surface area contributed by atoms with Crippen molar-refractivity contribution in [1.29, 1.82) is 0 Å². The van der Waals surface area contributed by atoms with Gasteiger partial charge in [0, 0.05) is 35.4 Å². The predicted molar refractivity (Wildman–Crippen MR) is 127 cm³/mol. The van der Waals surface area contributed by atoms with E-state index in [1.165, 1.54) is 24.5 Å². The van der Waals surface area contributed by atoms with Crippen LogP contribution in [0.25, 0.3) is 22.8 Å². The number of aromatic nitrogens is 6. The van der Waals surface area contributed by atoms with Gasteiger partial charge in [-0.1, -0.05) is 6.07 Å². The molecular formula is C25H18F2N8. The molecule has 3 aromatic heterocycles. The molecule has 0 bridgehead atoms. The largest absolute Gasteiger partial charge is 0.345 e. The topological polar surface area (TPSA) is 108 Å². The number of aliphatic imine (C=N–C) groups is 1. The van der Waals surface area contributed by atoms with Gasteiger partial charge in [-0.2, -0.15) is 0 Å². The quantitative estimate of drug-likeness (QED) is 0.336. The molecule has 1 aliphatic heterocycles. The van der Waals surface area contributed by atoms with Crippen LogP contribution in [0.3, 0.4) is 0 Å². The number of hydrogen-bond acceptors (Lipinski definition) is 6. The van der Waals surface area contributed by atoms with E-state index in [1.54, 1.807) is 18.6 Å². The Bertz CT molecular complexity index is 1530. The molecule has 4 heterocycles. The van der Waals surface area contributed by atoms with Crippen LogP contribution in [0.1, 0.15) is 29.8 Å². The van der Waals surface area contributed by atoms with Gasteiger partial charge in [0.1, 0.15) is 28.8 Å². The number of benzene rings is 2. The summed E-state index contributed by atoms with van der Waals surface area (Å²) in [6.45, 7) is 1.83. The first-order valence-electron chi connectivity index (χ1n) is 10.9. The van der Waals surface area contributed by atoms with Gasteiger partial charge in [0.05, 0.1) is 29.3 Å². The maximum absolute atomic E-state index is 14.6. The lowest BCUT2D eigenvalue weighted by Crippen LogP contribution is -2.10. The average molecular weight is 468 g/mol. The zero-order valence-electron chi connectivity index (χ0n) is 18.4. The molecule has 35 heavy (non-hydrogen) atoms. The van der Waals surface area contributed by atoms with Crippen molar-refractivity contribution in [2.24, 2.45) is 4.99 Å². The fourth-order valence-corrected chi connectivity index (χ4v) is 4.11. The first kappa shape index (κ1) is 20.8. The zero-order valence-corrected chi connectivity index (χ0v) is 18.4. The monoisotopic (exact) mass is 468 g/mol. The van der Waals surface area contributed by atoms with Gasteiger partial charge < -0.3 is 15.3 Å². The van der Waals surface area contributed by atoms with Crippen LogP contribution in [-0.4, -0.2) is 35.6 Å². The molecule has 5 aromatic rings. The minimum Gasteiger partial charge on any atom is -0.345 e. The molecule has 1 unspecified atom stereocenters. The lowest BCUT2D eigenvalue weighted by Gasteiger charge is -2.12. The Balaban J connectivity index is 1.38. The molecule has 6 rings (SSSR count). The van der Waals surface area contributed by atoms with Gasteiger partial charge in [-0.15, -0.1) is 0 Å². The van der Waals surface area contributed by atoms with Crippen molar-refractivity contribution in [3.05, 3.63) is 95.8 Å². The van der Waals surface area contributed by atoms with Gasteiger partial charge in [-0.05, 0) is 43.3 Å². The molecular weight excluding hydrogens is 450 g/mol. The molecule has 172 valence electrons. The van der Waals surface area contributed by atoms with E-state index in [1.807, 2.05) is 31.2 Å². The number of rotatable bonds is 4. The van der Waals surface area contributed by atoms with E-state index >= 15 is 0 Å². The number of H-pyrrole nitrogens is 2. The Morgan fingerprint density at radius 3 is 2.46 bits per heavy atom. The van der Waals surface area contributed by atoms with Crippen LogP contribution in [0.5, 0.6) is 0 Å². The first-order chi connectivity index (χ1) is 17.1. The van der Waals surface area contributed by atoms with Crippen molar-refractivity contribution >= 4 is 17.3 Å². The second-order valence-electron chi connectivity index (χ2n) is 8.01. The van der Waals surface area contributed by atoms with E-state index in [0.29, 0.717) is 28.6 Å². The number of hydrogen-bond donors (Lipinski definition) is 3. The molecule has 8 nitrogen and oxygen atoms in total. The van der Waals surface area contributed by atoms with Gasteiger partial charge in [-0.25, -0.2) is 28.7 Å². The van der Waals surface area contributed by atoms with Crippen LogP contribution in [0, 0.1) is 11.6 Å². The number of aromatic amines is 2. The fraction of sp³-hybridized carbons (Fsp3) is 0.0800. The van der Waals surface area contributed by atoms with E-state index in [2.05, 4.69) is 35.2 Å². The SMILES string of the molecule is CC1N=C(c2c(F)cccc2F)c2[nH]cnc2-c2nc(Nc3ccc(-c4ncc[nH]4)cc3)ncc21. The van der Waals surface area contributed by atoms with Crippen LogP contribution < -0.4 is 5.32 Å². The van der Waals surface area contributed by atoms with Gasteiger partial charge in [0.2, 0.25) is 5.95 Å². The molecule has 0 fully saturated rings. The summed E-state index contributed by atoms with van der Waals surface area (Å²) < 4.78 is 29.3. The third kappa shape index (κ3) is 3.65. The Morgan fingerprint density at radius 1 is 0.914 bits per heavy atom. The number of nitrogens with zero attached hydrogens (tertiary/aromatic N) is 5. The normalized spacial score (nSPS) is 14.6. The van der Waals surface area contributed by atoms with Crippen molar-refractivity contribution in [3.63, 3.8) is 0 Å². The Hall–Kier alpha value is -4.73. The smallest absolute Gasteiger partial charge is 0.227 e. The lowest BCUT2D eigenvalue weighted by atomic mass is 10.0. The highest BCUT2D eigenvalue weighted by atomic mass is 19.1. The average Bonchev–Trinajstić information content (AvgIpc) is 3.55. The van der Waals surface area contributed by atoms with Gasteiger partial charge in [-0.3, -0.25) is 4.99 Å². The van der Waals surface area contributed by atoms with Crippen molar-refractivity contribution < 1.29 is 8.78 Å². The highest BCUT2D eigenvalue weighted by Gasteiger charge is 2.29. The van der Waals surface area contributed by atoms with Crippen LogP contribution in [0.4, 0.5) is 20.4 Å². The number of anilines is 2. The van der Waals surface area contributed by atoms with E-state index in [0.717, 1.165) is 17.1 Å². The van der Waals surface area contributed by atoms with Gasteiger partial charge >= 0.3 is 0 Å². The molecule has 3 N–H and O–H groups in total. The number of fused-ring (bicyclic) bond motifs is 3. The van der Waals surface area contributed by atoms with Crippen molar-refractivity contribution in [1.82, 2.24) is 29.9 Å². The summed E-state index contributed by atoms with van der Waals surface area (Å²) in [5.74, 6) is -0.265. The lowest BCUT2D eigenvalue weighted by molar-refractivity contribution is 0.578. The molecule has 1 aliphatic rings. The van der Waals surface area contributed by atoms with E-state index in [4.69, 9.17) is 4.98 Å². The summed E-state index contributed by atoms with van der Waals surface area (Å²) >= 11 is 0. The van der Waals surface area contributed by atoms with Crippen LogP contribution in [0.15, 0.2) is 72.4 Å². The minimum atomic E-state index is -0.700. The molecule has 0 saturated heterocycles. The summed E-state index contributed by atoms with van der Waals surface area (Å²) in [6.07, 6.45) is 6.59. The highest BCUT2D eigenvalue weighted by Crippen LogP contribution is 2.36. The summed E-state index contributed by atoms with van der Waals surface area (Å²) in [5, 5.41) is 3.20. The van der Waals surface area contributed by atoms with E-state index < -0.39 is 17.7 Å². The summed E-state index contributed by atoms with van der Waals surface area (Å²) in [5.41, 5.74) is 3.76.